The van der Waals surface area contributed by atoms with Crippen LogP contribution in [0.1, 0.15) is 119 Å². The van der Waals surface area contributed by atoms with Gasteiger partial charge in [0.25, 0.3) is 0 Å². The molecule has 0 unspecified atom stereocenters. The first-order chi connectivity index (χ1) is 13.7. The highest BCUT2D eigenvalue weighted by molar-refractivity contribution is 5.92. The van der Waals surface area contributed by atoms with Crippen molar-refractivity contribution in [3.8, 4) is 0 Å². The van der Waals surface area contributed by atoms with Crippen molar-refractivity contribution in [1.82, 2.24) is 0 Å². The lowest BCUT2D eigenvalue weighted by Crippen LogP contribution is -2.18. The molecular weight excluding hydrogens is 342 g/mol. The number of unbranched alkanes of at least 4 members (excludes halogenated alkanes) is 2. The van der Waals surface area contributed by atoms with Crippen LogP contribution in [0.2, 0.25) is 0 Å². The summed E-state index contributed by atoms with van der Waals surface area (Å²) in [5.41, 5.74) is 7.37. The van der Waals surface area contributed by atoms with Crippen molar-refractivity contribution in [3.05, 3.63) is 35.4 Å². The number of nitrogens with two attached hydrogens (primary N) is 1. The molecule has 0 atom stereocenters. The van der Waals surface area contributed by atoms with Gasteiger partial charge in [0.05, 0.1) is 0 Å². The van der Waals surface area contributed by atoms with Crippen LogP contribution in [0.4, 0.5) is 0 Å². The monoisotopic (exact) mass is 383 g/mol. The summed E-state index contributed by atoms with van der Waals surface area (Å²) in [5.74, 6) is 3.35. The highest BCUT2D eigenvalue weighted by Crippen LogP contribution is 2.40. The molecule has 0 aromatic heterocycles. The number of hydrogen-bond acceptors (Lipinski definition) is 1. The molecule has 2 aliphatic rings. The van der Waals surface area contributed by atoms with Crippen LogP contribution in [-0.4, -0.2) is 5.91 Å². The van der Waals surface area contributed by atoms with Gasteiger partial charge in [-0.15, -0.1) is 0 Å². The van der Waals surface area contributed by atoms with Gasteiger partial charge in [-0.2, -0.15) is 0 Å². The molecule has 0 spiro atoms. The molecule has 2 fully saturated rings. The Bertz CT molecular complexity index is 577. The molecule has 3 rings (SSSR count). The molecule has 1 amide bonds. The zero-order chi connectivity index (χ0) is 19.8. The average Bonchev–Trinajstić information content (AvgIpc) is 2.74. The first-order valence-electron chi connectivity index (χ1n) is 12.1. The third kappa shape index (κ3) is 6.36. The Hall–Kier alpha value is -1.31. The Labute approximate surface area is 172 Å². The standard InChI is InChI=1S/C26H41NO/c1-2-3-4-5-20-6-8-21(9-7-20)10-11-22-12-14-23(15-13-22)24-16-18-25(19-17-24)26(27)28/h16-23H,2-15H2,1H3,(H2,27,28)/t20-,21-,22?,23?. The zero-order valence-electron chi connectivity index (χ0n) is 18.0. The summed E-state index contributed by atoms with van der Waals surface area (Å²) in [6, 6.07) is 8.01. The summed E-state index contributed by atoms with van der Waals surface area (Å²) in [5, 5.41) is 0. The van der Waals surface area contributed by atoms with Gasteiger partial charge in [-0.1, -0.05) is 83.3 Å². The number of carbonyl (C=O) groups is 1. The largest absolute Gasteiger partial charge is 0.366 e. The third-order valence-electron chi connectivity index (χ3n) is 7.68. The topological polar surface area (TPSA) is 43.1 Å². The highest BCUT2D eigenvalue weighted by atomic mass is 16.1. The molecular formula is C26H41NO. The van der Waals surface area contributed by atoms with Gasteiger partial charge in [0, 0.05) is 5.56 Å². The van der Waals surface area contributed by atoms with Crippen molar-refractivity contribution in [3.63, 3.8) is 0 Å². The number of rotatable bonds is 9. The summed E-state index contributed by atoms with van der Waals surface area (Å²) in [4.78, 5) is 11.2. The predicted molar refractivity (Wildman–Crippen MR) is 118 cm³/mol. The van der Waals surface area contributed by atoms with E-state index in [1.807, 2.05) is 12.1 Å². The Morgan fingerprint density at radius 2 is 1.29 bits per heavy atom. The van der Waals surface area contributed by atoms with Crippen molar-refractivity contribution in [1.29, 1.82) is 0 Å². The SMILES string of the molecule is CCCCC[C@H]1CC[C@H](CCC2CCC(c3ccc(C(N)=O)cc3)CC2)CC1. The molecule has 1 aromatic carbocycles. The van der Waals surface area contributed by atoms with Crippen LogP contribution >= 0.6 is 0 Å². The number of hydrogen-bond donors (Lipinski definition) is 1. The Kier molecular flexibility index (Phi) is 8.43. The van der Waals surface area contributed by atoms with Gasteiger partial charge in [-0.05, 0) is 67.1 Å². The molecule has 0 heterocycles. The lowest BCUT2D eigenvalue weighted by molar-refractivity contribution is 0.100. The molecule has 0 radical (unpaired) electrons. The van der Waals surface area contributed by atoms with Crippen LogP contribution in [0.15, 0.2) is 24.3 Å². The second kappa shape index (κ2) is 11.0. The fourth-order valence-corrected chi connectivity index (χ4v) is 5.67. The minimum Gasteiger partial charge on any atom is -0.366 e. The molecule has 28 heavy (non-hydrogen) atoms. The Morgan fingerprint density at radius 3 is 1.79 bits per heavy atom. The molecule has 2 N–H and O–H groups in total. The van der Waals surface area contributed by atoms with Gasteiger partial charge in [0.1, 0.15) is 0 Å². The van der Waals surface area contributed by atoms with Crippen molar-refractivity contribution in [2.24, 2.45) is 23.5 Å². The lowest BCUT2D eigenvalue weighted by Gasteiger charge is -2.32. The second-order valence-electron chi connectivity index (χ2n) is 9.66. The maximum absolute atomic E-state index is 11.2. The summed E-state index contributed by atoms with van der Waals surface area (Å²) in [6.07, 6.45) is 20.1. The van der Waals surface area contributed by atoms with Gasteiger partial charge in [0.15, 0.2) is 0 Å². The molecule has 0 bridgehead atoms. The highest BCUT2D eigenvalue weighted by Gasteiger charge is 2.25. The van der Waals surface area contributed by atoms with Gasteiger partial charge in [-0.3, -0.25) is 4.79 Å². The van der Waals surface area contributed by atoms with E-state index in [1.54, 1.807) is 0 Å². The van der Waals surface area contributed by atoms with Gasteiger partial charge < -0.3 is 5.73 Å². The second-order valence-corrected chi connectivity index (χ2v) is 9.66. The Morgan fingerprint density at radius 1 is 0.786 bits per heavy atom. The molecule has 2 nitrogen and oxygen atoms in total. The van der Waals surface area contributed by atoms with Gasteiger partial charge in [0.2, 0.25) is 5.91 Å². The maximum atomic E-state index is 11.2. The van der Waals surface area contributed by atoms with Crippen LogP contribution in [0.5, 0.6) is 0 Å². The van der Waals surface area contributed by atoms with E-state index in [9.17, 15) is 4.79 Å². The third-order valence-corrected chi connectivity index (χ3v) is 7.68. The fraction of sp³-hybridized carbons (Fsp3) is 0.731. The molecule has 156 valence electrons. The molecule has 0 aliphatic heterocycles. The molecule has 2 heteroatoms. The van der Waals surface area contributed by atoms with E-state index in [2.05, 4.69) is 19.1 Å². The van der Waals surface area contributed by atoms with E-state index in [4.69, 9.17) is 5.73 Å². The molecule has 1 aromatic rings. The minimum atomic E-state index is -0.328. The average molecular weight is 384 g/mol. The minimum absolute atomic E-state index is 0.328. The normalized spacial score (nSPS) is 28.2. The van der Waals surface area contributed by atoms with Crippen LogP contribution in [0.3, 0.4) is 0 Å². The van der Waals surface area contributed by atoms with E-state index in [1.165, 1.54) is 95.5 Å². The molecule has 2 aliphatic carbocycles. The molecule has 0 saturated heterocycles. The molecule has 2 saturated carbocycles. The number of carbonyl (C=O) groups excluding carboxylic acids is 1. The van der Waals surface area contributed by atoms with Crippen LogP contribution in [-0.2, 0) is 0 Å². The lowest BCUT2D eigenvalue weighted by atomic mass is 9.74. The van der Waals surface area contributed by atoms with Crippen molar-refractivity contribution < 1.29 is 4.79 Å². The summed E-state index contributed by atoms with van der Waals surface area (Å²) >= 11 is 0. The Balaban J connectivity index is 1.32. The summed E-state index contributed by atoms with van der Waals surface area (Å²) in [6.45, 7) is 2.31. The number of amides is 1. The van der Waals surface area contributed by atoms with Crippen LogP contribution < -0.4 is 5.73 Å². The smallest absolute Gasteiger partial charge is 0.248 e. The van der Waals surface area contributed by atoms with Crippen molar-refractivity contribution in [2.75, 3.05) is 0 Å². The predicted octanol–water partition coefficient (Wildman–Crippen LogP) is 7.23. The fourth-order valence-electron chi connectivity index (χ4n) is 5.67. The van der Waals surface area contributed by atoms with E-state index in [0.717, 1.165) is 17.8 Å². The summed E-state index contributed by atoms with van der Waals surface area (Å²) < 4.78 is 0. The first-order valence-corrected chi connectivity index (χ1v) is 12.1. The van der Waals surface area contributed by atoms with Crippen molar-refractivity contribution in [2.45, 2.75) is 103 Å². The number of primary amides is 1. The van der Waals surface area contributed by atoms with Crippen LogP contribution in [0.25, 0.3) is 0 Å². The van der Waals surface area contributed by atoms with E-state index < -0.39 is 0 Å². The van der Waals surface area contributed by atoms with Gasteiger partial charge in [-0.25, -0.2) is 0 Å². The van der Waals surface area contributed by atoms with E-state index >= 15 is 0 Å². The quantitative estimate of drug-likeness (QED) is 0.449. The number of benzene rings is 1. The maximum Gasteiger partial charge on any atom is 0.248 e. The van der Waals surface area contributed by atoms with Gasteiger partial charge >= 0.3 is 0 Å². The zero-order valence-corrected chi connectivity index (χ0v) is 18.0. The van der Waals surface area contributed by atoms with E-state index in [0.29, 0.717) is 11.5 Å². The van der Waals surface area contributed by atoms with E-state index in [-0.39, 0.29) is 5.91 Å². The summed E-state index contributed by atoms with van der Waals surface area (Å²) in [7, 11) is 0. The van der Waals surface area contributed by atoms with Crippen LogP contribution in [0, 0.1) is 17.8 Å². The van der Waals surface area contributed by atoms with Crippen molar-refractivity contribution >= 4 is 5.91 Å². The first kappa shape index (κ1) is 21.4.